The number of nitrogens with zero attached hydrogens (tertiary/aromatic N) is 2. The van der Waals surface area contributed by atoms with Crippen molar-refractivity contribution in [2.45, 2.75) is 25.7 Å². The van der Waals surface area contributed by atoms with Gasteiger partial charge in [-0.3, -0.25) is 0 Å². The van der Waals surface area contributed by atoms with E-state index in [0.29, 0.717) is 0 Å². The van der Waals surface area contributed by atoms with Gasteiger partial charge in [0.1, 0.15) is 0 Å². The van der Waals surface area contributed by atoms with Crippen molar-refractivity contribution in [2.24, 2.45) is 0 Å². The van der Waals surface area contributed by atoms with Gasteiger partial charge in [0.25, 0.3) is 0 Å². The first-order valence-electron chi connectivity index (χ1n) is 13.9. The van der Waals surface area contributed by atoms with Gasteiger partial charge >= 0.3 is 0 Å². The minimum atomic E-state index is 1.05. The Morgan fingerprint density at radius 2 is 0.763 bits per heavy atom. The molecule has 0 bridgehead atoms. The van der Waals surface area contributed by atoms with Crippen molar-refractivity contribution < 1.29 is 0 Å². The molecule has 0 saturated carbocycles. The maximum Gasteiger partial charge on any atom is 0.0497 e. The molecule has 38 heavy (non-hydrogen) atoms. The van der Waals surface area contributed by atoms with Crippen molar-refractivity contribution in [1.29, 1.82) is 0 Å². The molecule has 8 rings (SSSR count). The molecule has 0 fully saturated rings. The van der Waals surface area contributed by atoms with Gasteiger partial charge in [-0.15, -0.1) is 0 Å². The Morgan fingerprint density at radius 1 is 0.368 bits per heavy atom. The van der Waals surface area contributed by atoms with Crippen molar-refractivity contribution in [3.8, 4) is 0 Å². The van der Waals surface area contributed by atoms with E-state index >= 15 is 0 Å². The summed E-state index contributed by atoms with van der Waals surface area (Å²) in [5, 5.41) is 8.01. The molecule has 0 aliphatic carbocycles. The van der Waals surface area contributed by atoms with Crippen molar-refractivity contribution in [1.82, 2.24) is 0 Å². The molecule has 0 aromatic heterocycles. The zero-order valence-corrected chi connectivity index (χ0v) is 21.5. The Morgan fingerprint density at radius 3 is 1.24 bits per heavy atom. The average molecular weight is 491 g/mol. The molecule has 0 atom stereocenters. The predicted octanol–water partition coefficient (Wildman–Crippen LogP) is 9.31. The van der Waals surface area contributed by atoms with Gasteiger partial charge in [-0.25, -0.2) is 0 Å². The van der Waals surface area contributed by atoms with Crippen molar-refractivity contribution in [3.05, 3.63) is 120 Å². The first-order valence-corrected chi connectivity index (χ1v) is 13.9. The van der Waals surface area contributed by atoms with Gasteiger partial charge in [-0.2, -0.15) is 0 Å². The Kier molecular flexibility index (Phi) is 4.94. The molecule has 0 saturated heterocycles. The summed E-state index contributed by atoms with van der Waals surface area (Å²) in [6.45, 7) is 2.10. The summed E-state index contributed by atoms with van der Waals surface area (Å²) in [7, 11) is 0. The normalized spacial score (nSPS) is 15.2. The molecule has 2 aliphatic rings. The highest BCUT2D eigenvalue weighted by molar-refractivity contribution is 6.24. The van der Waals surface area contributed by atoms with Crippen LogP contribution in [-0.2, 0) is 12.8 Å². The zero-order chi connectivity index (χ0) is 25.1. The van der Waals surface area contributed by atoms with Crippen LogP contribution in [0.25, 0.3) is 32.3 Å². The van der Waals surface area contributed by atoms with Crippen LogP contribution in [0.15, 0.2) is 109 Å². The number of para-hydroxylation sites is 2. The van der Waals surface area contributed by atoms with E-state index in [1.165, 1.54) is 79.0 Å². The molecule has 0 N–H and O–H groups in total. The maximum absolute atomic E-state index is 2.56. The van der Waals surface area contributed by atoms with Crippen LogP contribution in [0.3, 0.4) is 0 Å². The molecular weight excluding hydrogens is 460 g/mol. The number of hydrogen-bond acceptors (Lipinski definition) is 2. The minimum Gasteiger partial charge on any atom is -0.341 e. The standard InChI is InChI=1S/C36H30N2/c1-7-19-33-25(11-1)13-9-21-37(33)35-23-31-28-16-4-6-18-30(28)36(24-32(31)27-15-3-5-17-29(27)35)38-22-10-14-26-12-2-8-20-34(26)38/h1-8,11-12,15-20,23-24H,9-10,13-14,21-22H2. The average Bonchev–Trinajstić information content (AvgIpc) is 3.00. The van der Waals surface area contributed by atoms with E-state index in [-0.39, 0.29) is 0 Å². The molecule has 2 nitrogen and oxygen atoms in total. The van der Waals surface area contributed by atoms with E-state index in [9.17, 15) is 0 Å². The Balaban J connectivity index is 1.44. The second-order valence-electron chi connectivity index (χ2n) is 10.7. The lowest BCUT2D eigenvalue weighted by atomic mass is 9.92. The molecule has 184 valence electrons. The van der Waals surface area contributed by atoms with E-state index in [1.807, 2.05) is 0 Å². The smallest absolute Gasteiger partial charge is 0.0497 e. The summed E-state index contributed by atoms with van der Waals surface area (Å²) in [6, 6.07) is 40.9. The molecule has 0 unspecified atom stereocenters. The van der Waals surface area contributed by atoms with E-state index in [1.54, 1.807) is 0 Å². The van der Waals surface area contributed by atoms with E-state index in [4.69, 9.17) is 0 Å². The molecule has 0 amide bonds. The Bertz CT molecular complexity index is 1710. The van der Waals surface area contributed by atoms with Crippen LogP contribution >= 0.6 is 0 Å². The van der Waals surface area contributed by atoms with Gasteiger partial charge in [0.15, 0.2) is 0 Å². The number of hydrogen-bond donors (Lipinski definition) is 0. The summed E-state index contributed by atoms with van der Waals surface area (Å²) < 4.78 is 0. The van der Waals surface area contributed by atoms with Crippen LogP contribution in [0.2, 0.25) is 0 Å². The van der Waals surface area contributed by atoms with Crippen LogP contribution in [0.5, 0.6) is 0 Å². The fourth-order valence-electron chi connectivity index (χ4n) is 6.93. The lowest BCUT2D eigenvalue weighted by Crippen LogP contribution is -2.25. The van der Waals surface area contributed by atoms with E-state index in [0.717, 1.165) is 25.9 Å². The first-order chi connectivity index (χ1) is 18.9. The Labute approximate surface area is 223 Å². The minimum absolute atomic E-state index is 1.05. The number of fused-ring (bicyclic) bond motifs is 7. The quantitative estimate of drug-likeness (QED) is 0.223. The second-order valence-corrected chi connectivity index (χ2v) is 10.7. The molecular formula is C36H30N2. The highest BCUT2D eigenvalue weighted by Crippen LogP contribution is 2.46. The van der Waals surface area contributed by atoms with Gasteiger partial charge in [0, 0.05) is 46.6 Å². The molecule has 2 heteroatoms. The van der Waals surface area contributed by atoms with E-state index < -0.39 is 0 Å². The zero-order valence-electron chi connectivity index (χ0n) is 21.5. The summed E-state index contributed by atoms with van der Waals surface area (Å²) >= 11 is 0. The van der Waals surface area contributed by atoms with Crippen LogP contribution in [0.1, 0.15) is 24.0 Å². The fraction of sp³-hybridized carbons (Fsp3) is 0.167. The third-order valence-electron chi connectivity index (χ3n) is 8.64. The summed E-state index contributed by atoms with van der Waals surface area (Å²) in [5.41, 5.74) is 8.25. The van der Waals surface area contributed by atoms with Gasteiger partial charge in [-0.05, 0) is 82.6 Å². The number of rotatable bonds is 2. The molecule has 0 spiro atoms. The number of benzene rings is 6. The molecule has 6 aromatic rings. The van der Waals surface area contributed by atoms with Crippen LogP contribution in [0, 0.1) is 0 Å². The summed E-state index contributed by atoms with van der Waals surface area (Å²) in [5.74, 6) is 0. The largest absolute Gasteiger partial charge is 0.341 e. The first kappa shape index (κ1) is 21.8. The highest BCUT2D eigenvalue weighted by Gasteiger charge is 2.24. The van der Waals surface area contributed by atoms with E-state index in [2.05, 4.69) is 119 Å². The fourth-order valence-corrected chi connectivity index (χ4v) is 6.93. The highest BCUT2D eigenvalue weighted by atomic mass is 15.1. The van der Waals surface area contributed by atoms with Gasteiger partial charge in [-0.1, -0.05) is 84.9 Å². The summed E-state index contributed by atoms with van der Waals surface area (Å²) in [4.78, 5) is 5.12. The third kappa shape index (κ3) is 3.26. The molecule has 2 aliphatic heterocycles. The van der Waals surface area contributed by atoms with Crippen LogP contribution < -0.4 is 9.80 Å². The summed E-state index contributed by atoms with van der Waals surface area (Å²) in [6.07, 6.45) is 4.67. The number of aryl methyl sites for hydroxylation is 2. The molecule has 2 heterocycles. The molecule has 0 radical (unpaired) electrons. The lowest BCUT2D eigenvalue weighted by Gasteiger charge is -2.34. The predicted molar refractivity (Wildman–Crippen MR) is 162 cm³/mol. The maximum atomic E-state index is 2.56. The molecule has 6 aromatic carbocycles. The monoisotopic (exact) mass is 490 g/mol. The van der Waals surface area contributed by atoms with Crippen molar-refractivity contribution in [2.75, 3.05) is 22.9 Å². The second kappa shape index (κ2) is 8.63. The van der Waals surface area contributed by atoms with Crippen LogP contribution in [0.4, 0.5) is 22.7 Å². The van der Waals surface area contributed by atoms with Crippen molar-refractivity contribution in [3.63, 3.8) is 0 Å². The van der Waals surface area contributed by atoms with Gasteiger partial charge in [0.05, 0.1) is 0 Å². The lowest BCUT2D eigenvalue weighted by molar-refractivity contribution is 0.768. The topological polar surface area (TPSA) is 6.48 Å². The van der Waals surface area contributed by atoms with Crippen molar-refractivity contribution >= 4 is 55.1 Å². The van der Waals surface area contributed by atoms with Crippen LogP contribution in [-0.4, -0.2) is 13.1 Å². The van der Waals surface area contributed by atoms with Gasteiger partial charge < -0.3 is 9.80 Å². The third-order valence-corrected chi connectivity index (χ3v) is 8.64. The number of anilines is 4. The SMILES string of the molecule is c1ccc2c(c1)CCCN2c1cc2c3ccccc3c(N3CCCc4ccccc43)cc2c2ccccc12. The van der Waals surface area contributed by atoms with Gasteiger partial charge in [0.2, 0.25) is 0 Å². The Hall–Kier alpha value is -4.30.